The maximum atomic E-state index is 5.93. The van der Waals surface area contributed by atoms with Crippen molar-refractivity contribution in [1.82, 2.24) is 10.3 Å². The summed E-state index contributed by atoms with van der Waals surface area (Å²) >= 11 is 5.93. The van der Waals surface area contributed by atoms with Crippen LogP contribution in [-0.2, 0) is 0 Å². The Hall–Kier alpha value is -1.06. The average molecular weight is 251 g/mol. The summed E-state index contributed by atoms with van der Waals surface area (Å²) < 4.78 is 5.20. The summed E-state index contributed by atoms with van der Waals surface area (Å²) in [7, 11) is 1.62. The second-order valence-corrected chi connectivity index (χ2v) is 4.98. The molecule has 1 fully saturated rings. The molecule has 2 aliphatic rings. The van der Waals surface area contributed by atoms with Crippen molar-refractivity contribution in [2.75, 3.05) is 13.7 Å². The van der Waals surface area contributed by atoms with Crippen molar-refractivity contribution >= 4 is 17.2 Å². The number of nitrogens with one attached hydrogen (secondary N) is 1. The molecule has 1 saturated heterocycles. The number of ether oxygens (including phenoxy) is 1. The quantitative estimate of drug-likeness (QED) is 0.819. The number of aromatic nitrogens is 1. The molecule has 3 rings (SSSR count). The lowest BCUT2D eigenvalue weighted by Gasteiger charge is -2.09. The molecule has 0 radical (unpaired) electrons. The van der Waals surface area contributed by atoms with Crippen molar-refractivity contribution in [2.24, 2.45) is 5.92 Å². The maximum absolute atomic E-state index is 5.93. The Kier molecular flexibility index (Phi) is 2.81. The van der Waals surface area contributed by atoms with Gasteiger partial charge in [0.1, 0.15) is 0 Å². The standard InChI is InChI=1S/C13H15ClN2O/c1-17-12-6-10(7-16-13(12)14)9-4-8-2-3-15-11(8)5-9/h4,6-8,11,15H,2-3,5H2,1H3/t8-,11+/m0/s1. The minimum Gasteiger partial charge on any atom is -0.494 e. The fourth-order valence-corrected chi connectivity index (χ4v) is 2.92. The van der Waals surface area contributed by atoms with Crippen molar-refractivity contribution in [3.63, 3.8) is 0 Å². The van der Waals surface area contributed by atoms with E-state index >= 15 is 0 Å². The van der Waals surface area contributed by atoms with E-state index in [4.69, 9.17) is 16.3 Å². The summed E-state index contributed by atoms with van der Waals surface area (Å²) in [6.07, 6.45) is 6.52. The van der Waals surface area contributed by atoms with Gasteiger partial charge in [-0.2, -0.15) is 0 Å². The van der Waals surface area contributed by atoms with Crippen LogP contribution in [0, 0.1) is 5.92 Å². The van der Waals surface area contributed by atoms with Gasteiger partial charge in [-0.25, -0.2) is 4.98 Å². The Balaban J connectivity index is 1.90. The van der Waals surface area contributed by atoms with E-state index in [1.165, 1.54) is 12.0 Å². The molecule has 4 heteroatoms. The van der Waals surface area contributed by atoms with E-state index in [0.29, 0.717) is 22.9 Å². The van der Waals surface area contributed by atoms with Crippen LogP contribution in [0.1, 0.15) is 18.4 Å². The van der Waals surface area contributed by atoms with E-state index in [1.807, 2.05) is 12.3 Å². The van der Waals surface area contributed by atoms with Crippen LogP contribution in [0.4, 0.5) is 0 Å². The van der Waals surface area contributed by atoms with Gasteiger partial charge in [-0.05, 0) is 42.5 Å². The Morgan fingerprint density at radius 2 is 2.41 bits per heavy atom. The van der Waals surface area contributed by atoms with Gasteiger partial charge in [-0.15, -0.1) is 0 Å². The van der Waals surface area contributed by atoms with Crippen molar-refractivity contribution in [3.05, 3.63) is 29.1 Å². The Morgan fingerprint density at radius 3 is 3.18 bits per heavy atom. The summed E-state index contributed by atoms with van der Waals surface area (Å²) in [4.78, 5) is 4.17. The lowest BCUT2D eigenvalue weighted by atomic mass is 10.1. The number of methoxy groups -OCH3 is 1. The Bertz CT molecular complexity index is 472. The highest BCUT2D eigenvalue weighted by atomic mass is 35.5. The first-order valence-electron chi connectivity index (χ1n) is 5.92. The Morgan fingerprint density at radius 1 is 1.53 bits per heavy atom. The first kappa shape index (κ1) is 11.1. The zero-order valence-corrected chi connectivity index (χ0v) is 10.5. The molecule has 0 aromatic carbocycles. The summed E-state index contributed by atoms with van der Waals surface area (Å²) in [6, 6.07) is 2.59. The van der Waals surface area contributed by atoms with Crippen LogP contribution in [0.25, 0.3) is 5.57 Å². The van der Waals surface area contributed by atoms with Gasteiger partial charge in [0.15, 0.2) is 10.9 Å². The van der Waals surface area contributed by atoms with Gasteiger partial charge in [0.25, 0.3) is 0 Å². The number of halogens is 1. The second kappa shape index (κ2) is 4.31. The third kappa shape index (κ3) is 1.94. The fraction of sp³-hybridized carbons (Fsp3) is 0.462. The largest absolute Gasteiger partial charge is 0.494 e. The van der Waals surface area contributed by atoms with Crippen LogP contribution in [-0.4, -0.2) is 24.7 Å². The molecule has 1 aromatic rings. The van der Waals surface area contributed by atoms with E-state index in [2.05, 4.69) is 16.4 Å². The predicted molar refractivity (Wildman–Crippen MR) is 68.3 cm³/mol. The molecule has 2 heterocycles. The SMILES string of the molecule is COc1cc(C2=C[C@@H]3CCN[C@@H]3C2)cnc1Cl. The number of pyridine rings is 1. The summed E-state index contributed by atoms with van der Waals surface area (Å²) in [5.74, 6) is 1.33. The maximum Gasteiger partial charge on any atom is 0.171 e. The minimum atomic E-state index is 0.424. The molecule has 2 atom stereocenters. The van der Waals surface area contributed by atoms with E-state index in [0.717, 1.165) is 18.5 Å². The van der Waals surface area contributed by atoms with Gasteiger partial charge >= 0.3 is 0 Å². The van der Waals surface area contributed by atoms with Crippen molar-refractivity contribution in [1.29, 1.82) is 0 Å². The molecule has 1 aromatic heterocycles. The summed E-state index contributed by atoms with van der Waals surface area (Å²) in [5.41, 5.74) is 2.48. The lowest BCUT2D eigenvalue weighted by molar-refractivity contribution is 0.413. The van der Waals surface area contributed by atoms with E-state index < -0.39 is 0 Å². The third-order valence-electron chi connectivity index (χ3n) is 3.65. The van der Waals surface area contributed by atoms with Crippen molar-refractivity contribution in [2.45, 2.75) is 18.9 Å². The fourth-order valence-electron chi connectivity index (χ4n) is 2.74. The van der Waals surface area contributed by atoms with Gasteiger partial charge in [0.05, 0.1) is 7.11 Å². The van der Waals surface area contributed by atoms with E-state index in [9.17, 15) is 0 Å². The summed E-state index contributed by atoms with van der Waals surface area (Å²) in [6.45, 7) is 1.14. The van der Waals surface area contributed by atoms with Crippen LogP contribution in [0.2, 0.25) is 5.15 Å². The highest BCUT2D eigenvalue weighted by molar-refractivity contribution is 6.30. The van der Waals surface area contributed by atoms with Crippen molar-refractivity contribution < 1.29 is 4.74 Å². The monoisotopic (exact) mass is 250 g/mol. The molecule has 1 N–H and O–H groups in total. The van der Waals surface area contributed by atoms with Crippen LogP contribution in [0.5, 0.6) is 5.75 Å². The van der Waals surface area contributed by atoms with E-state index in [-0.39, 0.29) is 0 Å². The number of fused-ring (bicyclic) bond motifs is 1. The highest BCUT2D eigenvalue weighted by Gasteiger charge is 2.31. The van der Waals surface area contributed by atoms with E-state index in [1.54, 1.807) is 7.11 Å². The molecule has 0 amide bonds. The van der Waals surface area contributed by atoms with Gasteiger partial charge < -0.3 is 10.1 Å². The molecule has 3 nitrogen and oxygen atoms in total. The molecular weight excluding hydrogens is 236 g/mol. The van der Waals surface area contributed by atoms with Gasteiger partial charge in [-0.1, -0.05) is 17.7 Å². The molecule has 0 bridgehead atoms. The van der Waals surface area contributed by atoms with Crippen LogP contribution >= 0.6 is 11.6 Å². The van der Waals surface area contributed by atoms with Crippen LogP contribution in [0.3, 0.4) is 0 Å². The lowest BCUT2D eigenvalue weighted by Crippen LogP contribution is -2.22. The average Bonchev–Trinajstić information content (AvgIpc) is 2.90. The molecule has 0 unspecified atom stereocenters. The minimum absolute atomic E-state index is 0.424. The zero-order valence-electron chi connectivity index (χ0n) is 9.74. The predicted octanol–water partition coefficient (Wildman–Crippen LogP) is 2.51. The number of nitrogens with zero attached hydrogens (tertiary/aromatic N) is 1. The van der Waals surface area contributed by atoms with Crippen LogP contribution in [0.15, 0.2) is 18.3 Å². The topological polar surface area (TPSA) is 34.1 Å². The number of hydrogen-bond donors (Lipinski definition) is 1. The first-order valence-corrected chi connectivity index (χ1v) is 6.29. The van der Waals surface area contributed by atoms with Crippen molar-refractivity contribution in [3.8, 4) is 5.75 Å². The first-order chi connectivity index (χ1) is 8.28. The molecule has 90 valence electrons. The second-order valence-electron chi connectivity index (χ2n) is 4.63. The van der Waals surface area contributed by atoms with Gasteiger partial charge in [-0.3, -0.25) is 0 Å². The zero-order chi connectivity index (χ0) is 11.8. The molecule has 0 spiro atoms. The molecule has 0 saturated carbocycles. The number of rotatable bonds is 2. The van der Waals surface area contributed by atoms with Crippen LogP contribution < -0.4 is 10.1 Å². The normalized spacial score (nSPS) is 26.8. The smallest absolute Gasteiger partial charge is 0.171 e. The molecule has 17 heavy (non-hydrogen) atoms. The molecule has 1 aliphatic carbocycles. The Labute approximate surface area is 106 Å². The molecule has 1 aliphatic heterocycles. The van der Waals surface area contributed by atoms with Gasteiger partial charge in [0.2, 0.25) is 0 Å². The summed E-state index contributed by atoms with van der Waals surface area (Å²) in [5, 5.41) is 3.95. The highest BCUT2D eigenvalue weighted by Crippen LogP contribution is 2.37. The third-order valence-corrected chi connectivity index (χ3v) is 3.94. The van der Waals surface area contributed by atoms with Gasteiger partial charge in [0, 0.05) is 12.2 Å². The number of hydrogen-bond acceptors (Lipinski definition) is 3. The molecular formula is C13H15ClN2O.